The van der Waals surface area contributed by atoms with Crippen LogP contribution in [-0.4, -0.2) is 19.1 Å². The van der Waals surface area contributed by atoms with Crippen molar-refractivity contribution in [3.63, 3.8) is 0 Å². The van der Waals surface area contributed by atoms with Crippen molar-refractivity contribution in [2.75, 3.05) is 7.11 Å². The number of aryl methyl sites for hydroxylation is 1. The van der Waals surface area contributed by atoms with Gasteiger partial charge in [0.15, 0.2) is 6.10 Å². The second-order valence-electron chi connectivity index (χ2n) is 5.24. The molecule has 0 bridgehead atoms. The smallest absolute Gasteiger partial charge is 0.261 e. The second-order valence-corrected chi connectivity index (χ2v) is 5.24. The van der Waals surface area contributed by atoms with Crippen LogP contribution in [0.2, 0.25) is 0 Å². The maximum atomic E-state index is 13.2. The third-order valence-electron chi connectivity index (χ3n) is 3.43. The van der Waals surface area contributed by atoms with Gasteiger partial charge in [-0.1, -0.05) is 12.1 Å². The highest BCUT2D eigenvalue weighted by Gasteiger charge is 2.14. The van der Waals surface area contributed by atoms with E-state index in [9.17, 15) is 9.18 Å². The quantitative estimate of drug-likeness (QED) is 0.890. The molecular weight excluding hydrogens is 297 g/mol. The molecule has 0 fully saturated rings. The van der Waals surface area contributed by atoms with E-state index >= 15 is 0 Å². The highest BCUT2D eigenvalue weighted by atomic mass is 19.1. The van der Waals surface area contributed by atoms with Crippen molar-refractivity contribution in [1.82, 2.24) is 5.32 Å². The Morgan fingerprint density at radius 3 is 2.43 bits per heavy atom. The zero-order valence-electron chi connectivity index (χ0n) is 13.4. The average Bonchev–Trinajstić information content (AvgIpc) is 2.56. The molecule has 0 aliphatic heterocycles. The Bertz CT molecular complexity index is 670. The van der Waals surface area contributed by atoms with E-state index in [1.165, 1.54) is 6.07 Å². The van der Waals surface area contributed by atoms with Gasteiger partial charge in [0.1, 0.15) is 17.3 Å². The molecule has 2 rings (SSSR count). The van der Waals surface area contributed by atoms with E-state index in [0.29, 0.717) is 17.9 Å². The number of benzene rings is 2. The first-order chi connectivity index (χ1) is 11.0. The van der Waals surface area contributed by atoms with Crippen LogP contribution in [-0.2, 0) is 11.3 Å². The predicted octanol–water partition coefficient (Wildman–Crippen LogP) is 3.23. The van der Waals surface area contributed by atoms with Gasteiger partial charge in [0, 0.05) is 6.54 Å². The Hall–Kier alpha value is -2.56. The molecule has 1 atom stereocenters. The number of amides is 1. The van der Waals surface area contributed by atoms with Crippen LogP contribution in [0.1, 0.15) is 18.1 Å². The molecule has 122 valence electrons. The lowest BCUT2D eigenvalue weighted by Gasteiger charge is -2.15. The summed E-state index contributed by atoms with van der Waals surface area (Å²) in [5.41, 5.74) is 1.40. The Morgan fingerprint density at radius 1 is 1.17 bits per heavy atom. The third-order valence-corrected chi connectivity index (χ3v) is 3.43. The van der Waals surface area contributed by atoms with Gasteiger partial charge in [-0.05, 0) is 55.3 Å². The molecule has 0 saturated carbocycles. The highest BCUT2D eigenvalue weighted by molar-refractivity contribution is 5.80. The number of nitrogens with one attached hydrogen (secondary N) is 1. The van der Waals surface area contributed by atoms with Gasteiger partial charge in [-0.2, -0.15) is 0 Å². The Labute approximate surface area is 135 Å². The minimum absolute atomic E-state index is 0.234. The van der Waals surface area contributed by atoms with E-state index in [-0.39, 0.29) is 11.7 Å². The number of carbonyl (C=O) groups is 1. The highest BCUT2D eigenvalue weighted by Crippen LogP contribution is 2.18. The molecule has 2 aromatic rings. The van der Waals surface area contributed by atoms with E-state index in [0.717, 1.165) is 11.3 Å². The molecule has 0 heterocycles. The van der Waals surface area contributed by atoms with Crippen LogP contribution in [0.15, 0.2) is 42.5 Å². The van der Waals surface area contributed by atoms with E-state index in [2.05, 4.69) is 5.32 Å². The molecule has 0 saturated heterocycles. The van der Waals surface area contributed by atoms with Crippen LogP contribution >= 0.6 is 0 Å². The Morgan fingerprint density at radius 2 is 1.83 bits per heavy atom. The van der Waals surface area contributed by atoms with Crippen molar-refractivity contribution in [1.29, 1.82) is 0 Å². The predicted molar refractivity (Wildman–Crippen MR) is 86.1 cm³/mol. The summed E-state index contributed by atoms with van der Waals surface area (Å²) < 4.78 is 23.9. The molecule has 0 radical (unpaired) electrons. The van der Waals surface area contributed by atoms with Crippen molar-refractivity contribution in [2.24, 2.45) is 0 Å². The largest absolute Gasteiger partial charge is 0.497 e. The number of methoxy groups -OCH3 is 1. The summed E-state index contributed by atoms with van der Waals surface area (Å²) in [6, 6.07) is 11.8. The van der Waals surface area contributed by atoms with Gasteiger partial charge in [0.2, 0.25) is 0 Å². The molecule has 4 nitrogen and oxygen atoms in total. The molecule has 1 N–H and O–H groups in total. The first kappa shape index (κ1) is 16.8. The van der Waals surface area contributed by atoms with E-state index in [4.69, 9.17) is 9.47 Å². The fourth-order valence-electron chi connectivity index (χ4n) is 2.06. The normalized spacial score (nSPS) is 11.7. The van der Waals surface area contributed by atoms with Crippen LogP contribution in [0, 0.1) is 12.7 Å². The summed E-state index contributed by atoms with van der Waals surface area (Å²) >= 11 is 0. The summed E-state index contributed by atoms with van der Waals surface area (Å²) in [6.45, 7) is 3.70. The Kier molecular flexibility index (Phi) is 5.57. The lowest BCUT2D eigenvalue weighted by Crippen LogP contribution is -2.35. The second kappa shape index (κ2) is 7.63. The molecule has 0 aromatic heterocycles. The lowest BCUT2D eigenvalue weighted by atomic mass is 10.1. The van der Waals surface area contributed by atoms with E-state index in [1.807, 2.05) is 0 Å². The first-order valence-corrected chi connectivity index (χ1v) is 7.33. The summed E-state index contributed by atoms with van der Waals surface area (Å²) in [5, 5.41) is 2.78. The number of hydrogen-bond acceptors (Lipinski definition) is 3. The minimum atomic E-state index is -0.634. The van der Waals surface area contributed by atoms with Crippen LogP contribution in [0.4, 0.5) is 4.39 Å². The number of ether oxygens (including phenoxy) is 2. The summed E-state index contributed by atoms with van der Waals surface area (Å²) in [4.78, 5) is 12.1. The molecule has 2 aromatic carbocycles. The maximum Gasteiger partial charge on any atom is 0.261 e. The van der Waals surface area contributed by atoms with Crippen LogP contribution in [0.3, 0.4) is 0 Å². The average molecular weight is 317 g/mol. The number of rotatable bonds is 6. The molecule has 0 aliphatic carbocycles. The number of carbonyl (C=O) groups excluding carboxylic acids is 1. The van der Waals surface area contributed by atoms with Crippen molar-refractivity contribution in [3.05, 3.63) is 59.4 Å². The number of hydrogen-bond donors (Lipinski definition) is 1. The van der Waals surface area contributed by atoms with Gasteiger partial charge >= 0.3 is 0 Å². The van der Waals surface area contributed by atoms with Crippen LogP contribution in [0.25, 0.3) is 0 Å². The van der Waals surface area contributed by atoms with E-state index in [1.54, 1.807) is 57.4 Å². The van der Waals surface area contributed by atoms with E-state index < -0.39 is 6.10 Å². The molecule has 0 aliphatic rings. The van der Waals surface area contributed by atoms with Gasteiger partial charge in [-0.25, -0.2) is 4.39 Å². The topological polar surface area (TPSA) is 47.6 Å². The molecule has 0 spiro atoms. The standard InChI is InChI=1S/C18H20FNO3/c1-12-10-14(4-9-17(12)19)11-20-18(21)13(2)23-16-7-5-15(22-3)6-8-16/h4-10,13H,11H2,1-3H3,(H,20,21). The zero-order valence-corrected chi connectivity index (χ0v) is 13.4. The maximum absolute atomic E-state index is 13.2. The van der Waals surface area contributed by atoms with Crippen LogP contribution < -0.4 is 14.8 Å². The fourth-order valence-corrected chi connectivity index (χ4v) is 2.06. The van der Waals surface area contributed by atoms with Gasteiger partial charge in [0.05, 0.1) is 7.11 Å². The minimum Gasteiger partial charge on any atom is -0.497 e. The monoisotopic (exact) mass is 317 g/mol. The zero-order chi connectivity index (χ0) is 16.8. The summed E-state index contributed by atoms with van der Waals surface area (Å²) in [7, 11) is 1.59. The molecule has 5 heteroatoms. The lowest BCUT2D eigenvalue weighted by molar-refractivity contribution is -0.127. The molecule has 1 amide bonds. The van der Waals surface area contributed by atoms with Gasteiger partial charge < -0.3 is 14.8 Å². The number of halogens is 1. The fraction of sp³-hybridized carbons (Fsp3) is 0.278. The molecule has 23 heavy (non-hydrogen) atoms. The first-order valence-electron chi connectivity index (χ1n) is 7.33. The van der Waals surface area contributed by atoms with Crippen molar-refractivity contribution >= 4 is 5.91 Å². The third kappa shape index (κ3) is 4.71. The summed E-state index contributed by atoms with van der Waals surface area (Å²) in [6.07, 6.45) is -0.634. The Balaban J connectivity index is 1.87. The van der Waals surface area contributed by atoms with Gasteiger partial charge in [0.25, 0.3) is 5.91 Å². The van der Waals surface area contributed by atoms with Gasteiger partial charge in [-0.3, -0.25) is 4.79 Å². The van der Waals surface area contributed by atoms with Gasteiger partial charge in [-0.15, -0.1) is 0 Å². The summed E-state index contributed by atoms with van der Waals surface area (Å²) in [5.74, 6) is 0.825. The van der Waals surface area contributed by atoms with Crippen LogP contribution in [0.5, 0.6) is 11.5 Å². The SMILES string of the molecule is COc1ccc(OC(C)C(=O)NCc2ccc(F)c(C)c2)cc1. The van der Waals surface area contributed by atoms with Crippen molar-refractivity contribution < 1.29 is 18.7 Å². The van der Waals surface area contributed by atoms with Crippen molar-refractivity contribution in [2.45, 2.75) is 26.5 Å². The molecule has 1 unspecified atom stereocenters. The van der Waals surface area contributed by atoms with Crippen molar-refractivity contribution in [3.8, 4) is 11.5 Å². The molecular formula is C18H20FNO3.